The normalized spacial score (nSPS) is 17.4. The van der Waals surface area contributed by atoms with Crippen molar-refractivity contribution >= 4 is 23.5 Å². The van der Waals surface area contributed by atoms with Crippen LogP contribution in [0, 0.1) is 0 Å². The number of esters is 1. The summed E-state index contributed by atoms with van der Waals surface area (Å²) in [5, 5.41) is 0. The highest BCUT2D eigenvalue weighted by molar-refractivity contribution is 6.05. The lowest BCUT2D eigenvalue weighted by Crippen LogP contribution is -2.44. The Hall–Kier alpha value is -3.66. The van der Waals surface area contributed by atoms with Crippen LogP contribution in [0.25, 0.3) is 11.6 Å². The molecule has 4 heteroatoms. The van der Waals surface area contributed by atoms with E-state index in [-0.39, 0.29) is 5.91 Å². The van der Waals surface area contributed by atoms with Crippen LogP contribution in [0.4, 0.5) is 0 Å². The van der Waals surface area contributed by atoms with Crippen LogP contribution in [0.1, 0.15) is 33.5 Å². The Bertz CT molecular complexity index is 1070. The zero-order chi connectivity index (χ0) is 20.9. The molecule has 0 aliphatic carbocycles. The number of ether oxygens (including phenoxy) is 1. The first kappa shape index (κ1) is 19.6. The summed E-state index contributed by atoms with van der Waals surface area (Å²) in [6, 6.07) is 26.5. The van der Waals surface area contributed by atoms with Gasteiger partial charge in [-0.3, -0.25) is 4.79 Å². The summed E-state index contributed by atoms with van der Waals surface area (Å²) < 4.78 is 5.10. The van der Waals surface area contributed by atoms with Crippen molar-refractivity contribution in [3.05, 3.63) is 107 Å². The van der Waals surface area contributed by atoms with Crippen LogP contribution in [0.15, 0.2) is 84.9 Å². The summed E-state index contributed by atoms with van der Waals surface area (Å²) >= 11 is 0. The van der Waals surface area contributed by atoms with Crippen molar-refractivity contribution in [2.45, 2.75) is 19.0 Å². The first-order valence-corrected chi connectivity index (χ1v) is 9.95. The molecule has 0 radical (unpaired) electrons. The zero-order valence-corrected chi connectivity index (χ0v) is 16.8. The molecule has 30 heavy (non-hydrogen) atoms. The smallest absolute Gasteiger partial charge is 0.328 e. The molecule has 3 aromatic rings. The molecule has 3 aromatic carbocycles. The molecule has 1 aliphatic heterocycles. The lowest BCUT2D eigenvalue weighted by atomic mass is 9.94. The number of nitrogens with zero attached hydrogens (tertiary/aromatic N) is 1. The van der Waals surface area contributed by atoms with Crippen molar-refractivity contribution < 1.29 is 14.3 Å². The highest BCUT2D eigenvalue weighted by Gasteiger charge is 2.36. The number of methoxy groups -OCH3 is 1. The number of fused-ring (bicyclic) bond motifs is 1. The third kappa shape index (κ3) is 4.03. The van der Waals surface area contributed by atoms with Crippen LogP contribution in [-0.4, -0.2) is 29.9 Å². The zero-order valence-electron chi connectivity index (χ0n) is 16.8. The molecule has 4 rings (SSSR count). The molecule has 0 bridgehead atoms. The van der Waals surface area contributed by atoms with Crippen LogP contribution < -0.4 is 0 Å². The molecule has 0 N–H and O–H groups in total. The number of carbonyl (C=O) groups is 2. The molecule has 1 amide bonds. The van der Waals surface area contributed by atoms with Gasteiger partial charge in [-0.1, -0.05) is 84.9 Å². The second-order valence-electron chi connectivity index (χ2n) is 7.29. The lowest BCUT2D eigenvalue weighted by Gasteiger charge is -2.28. The molecular weight excluding hydrogens is 374 g/mol. The minimum absolute atomic E-state index is 0.165. The molecule has 150 valence electrons. The maximum Gasteiger partial charge on any atom is 0.328 e. The first-order valence-electron chi connectivity index (χ1n) is 9.95. The van der Waals surface area contributed by atoms with Gasteiger partial charge < -0.3 is 9.64 Å². The topological polar surface area (TPSA) is 46.6 Å². The molecule has 0 fully saturated rings. The van der Waals surface area contributed by atoms with E-state index in [2.05, 4.69) is 0 Å². The van der Waals surface area contributed by atoms with E-state index < -0.39 is 12.0 Å². The van der Waals surface area contributed by atoms with Gasteiger partial charge in [0, 0.05) is 18.5 Å². The Morgan fingerprint density at radius 3 is 2.20 bits per heavy atom. The summed E-state index contributed by atoms with van der Waals surface area (Å²) in [6.45, 7) is 0.340. The first-order chi connectivity index (χ1) is 14.7. The summed E-state index contributed by atoms with van der Waals surface area (Å²) in [7, 11) is 1.37. The number of amides is 1. The van der Waals surface area contributed by atoms with E-state index in [4.69, 9.17) is 4.74 Å². The molecule has 1 aliphatic rings. The fourth-order valence-electron chi connectivity index (χ4n) is 3.87. The minimum atomic E-state index is -0.704. The number of benzene rings is 3. The number of hydrogen-bond acceptors (Lipinski definition) is 3. The molecule has 1 atom stereocenters. The Morgan fingerprint density at radius 1 is 0.933 bits per heavy atom. The predicted molar refractivity (Wildman–Crippen MR) is 117 cm³/mol. The maximum absolute atomic E-state index is 13.6. The maximum atomic E-state index is 13.6. The highest BCUT2D eigenvalue weighted by atomic mass is 16.5. The molecule has 1 heterocycles. The standard InChI is InChI=1S/C26H23NO3/c1-30-26(29)24-17-21(16-19-10-4-2-5-11-19)22-14-8-9-15-23(22)25(28)27(24)18-20-12-6-3-7-13-20/h2-16,24H,17-18H2,1H3/b21-16+. The van der Waals surface area contributed by atoms with E-state index in [1.54, 1.807) is 4.90 Å². The second kappa shape index (κ2) is 8.78. The minimum Gasteiger partial charge on any atom is -0.467 e. The third-order valence-corrected chi connectivity index (χ3v) is 5.36. The van der Waals surface area contributed by atoms with E-state index in [1.165, 1.54) is 7.11 Å². The summed E-state index contributed by atoms with van der Waals surface area (Å²) in [5.74, 6) is -0.577. The van der Waals surface area contributed by atoms with E-state index in [9.17, 15) is 9.59 Å². The summed E-state index contributed by atoms with van der Waals surface area (Å²) in [4.78, 5) is 28.0. The second-order valence-corrected chi connectivity index (χ2v) is 7.29. The van der Waals surface area contributed by atoms with Crippen molar-refractivity contribution in [3.8, 4) is 0 Å². The quantitative estimate of drug-likeness (QED) is 0.593. The largest absolute Gasteiger partial charge is 0.467 e. The van der Waals surface area contributed by atoms with Gasteiger partial charge in [-0.05, 0) is 28.3 Å². The van der Waals surface area contributed by atoms with Crippen molar-refractivity contribution in [2.24, 2.45) is 0 Å². The lowest BCUT2D eigenvalue weighted by molar-refractivity contribution is -0.146. The van der Waals surface area contributed by atoms with Gasteiger partial charge in [-0.15, -0.1) is 0 Å². The SMILES string of the molecule is COC(=O)C1C/C(=C\c2ccccc2)c2ccccc2C(=O)N1Cc1ccccc1. The van der Waals surface area contributed by atoms with E-state index >= 15 is 0 Å². The van der Waals surface area contributed by atoms with Gasteiger partial charge in [0.25, 0.3) is 5.91 Å². The molecule has 0 saturated carbocycles. The van der Waals surface area contributed by atoms with Crippen molar-refractivity contribution in [3.63, 3.8) is 0 Å². The molecule has 1 unspecified atom stereocenters. The fourth-order valence-corrected chi connectivity index (χ4v) is 3.87. The average Bonchev–Trinajstić information content (AvgIpc) is 2.91. The Morgan fingerprint density at radius 2 is 1.53 bits per heavy atom. The fraction of sp³-hybridized carbons (Fsp3) is 0.154. The van der Waals surface area contributed by atoms with Crippen LogP contribution >= 0.6 is 0 Å². The number of rotatable bonds is 4. The molecular formula is C26H23NO3. The Balaban J connectivity index is 1.83. The van der Waals surface area contributed by atoms with Gasteiger partial charge in [0.1, 0.15) is 6.04 Å². The van der Waals surface area contributed by atoms with Crippen molar-refractivity contribution in [1.82, 2.24) is 4.90 Å². The monoisotopic (exact) mass is 397 g/mol. The van der Waals surface area contributed by atoms with E-state index in [0.29, 0.717) is 18.5 Å². The van der Waals surface area contributed by atoms with E-state index in [1.807, 2.05) is 91.0 Å². The van der Waals surface area contributed by atoms with Crippen LogP contribution in [0.5, 0.6) is 0 Å². The van der Waals surface area contributed by atoms with Gasteiger partial charge >= 0.3 is 5.97 Å². The Kier molecular flexibility index (Phi) is 5.75. The van der Waals surface area contributed by atoms with Crippen molar-refractivity contribution in [1.29, 1.82) is 0 Å². The predicted octanol–water partition coefficient (Wildman–Crippen LogP) is 4.81. The molecule has 0 spiro atoms. The molecule has 0 saturated heterocycles. The molecule has 0 aromatic heterocycles. The average molecular weight is 397 g/mol. The third-order valence-electron chi connectivity index (χ3n) is 5.36. The summed E-state index contributed by atoms with van der Waals surface area (Å²) in [5.41, 5.74) is 4.39. The van der Waals surface area contributed by atoms with Crippen molar-refractivity contribution in [2.75, 3.05) is 7.11 Å². The van der Waals surface area contributed by atoms with Gasteiger partial charge in [-0.2, -0.15) is 0 Å². The summed E-state index contributed by atoms with van der Waals surface area (Å²) in [6.07, 6.45) is 2.44. The van der Waals surface area contributed by atoms with Crippen LogP contribution in [-0.2, 0) is 16.1 Å². The number of carbonyl (C=O) groups excluding carboxylic acids is 2. The van der Waals surface area contributed by atoms with E-state index in [0.717, 1.165) is 22.3 Å². The van der Waals surface area contributed by atoms with Gasteiger partial charge in [-0.25, -0.2) is 4.79 Å². The number of hydrogen-bond donors (Lipinski definition) is 0. The Labute approximate surface area is 176 Å². The van der Waals surface area contributed by atoms with Gasteiger partial charge in [0.05, 0.1) is 7.11 Å². The molecule has 4 nitrogen and oxygen atoms in total. The van der Waals surface area contributed by atoms with Gasteiger partial charge in [0.15, 0.2) is 0 Å². The van der Waals surface area contributed by atoms with Gasteiger partial charge in [0.2, 0.25) is 0 Å². The van der Waals surface area contributed by atoms with Crippen LogP contribution in [0.2, 0.25) is 0 Å². The van der Waals surface area contributed by atoms with Crippen LogP contribution in [0.3, 0.4) is 0 Å². The highest BCUT2D eigenvalue weighted by Crippen LogP contribution is 2.33.